The van der Waals surface area contributed by atoms with Gasteiger partial charge in [0.25, 0.3) is 0 Å². The van der Waals surface area contributed by atoms with Crippen LogP contribution in [0.2, 0.25) is 0 Å². The quantitative estimate of drug-likeness (QED) is 0.434. The Morgan fingerprint density at radius 2 is 0.773 bits per heavy atom. The molecule has 0 aromatic rings. The van der Waals surface area contributed by atoms with E-state index in [1.165, 1.54) is 64.2 Å². The smallest absolute Gasteiger partial charge is 0.0184 e. The van der Waals surface area contributed by atoms with E-state index in [1.54, 1.807) is 25.7 Å². The molecule has 22 heavy (non-hydrogen) atoms. The monoisotopic (exact) mass is 304 g/mol. The minimum Gasteiger partial charge on any atom is -0.0588 e. The maximum absolute atomic E-state index is 2.55. The minimum absolute atomic E-state index is 0.564. The molecule has 0 aliphatic heterocycles. The summed E-state index contributed by atoms with van der Waals surface area (Å²) in [5.74, 6) is 0. The molecule has 0 amide bonds. The van der Waals surface area contributed by atoms with Crippen LogP contribution in [0.25, 0.3) is 0 Å². The summed E-state index contributed by atoms with van der Waals surface area (Å²) in [6.07, 6.45) is 21.2. The van der Waals surface area contributed by atoms with Crippen molar-refractivity contribution in [3.8, 4) is 0 Å². The van der Waals surface area contributed by atoms with E-state index in [1.807, 2.05) is 0 Å². The van der Waals surface area contributed by atoms with Gasteiger partial charge in [-0.25, -0.2) is 0 Å². The molecule has 2 spiro atoms. The molecule has 0 radical (unpaired) electrons. The van der Waals surface area contributed by atoms with Gasteiger partial charge in [-0.2, -0.15) is 0 Å². The molecule has 3 rings (SSSR count). The summed E-state index contributed by atoms with van der Waals surface area (Å²) in [6, 6.07) is 0. The second-order valence-corrected chi connectivity index (χ2v) is 10.2. The van der Waals surface area contributed by atoms with Crippen molar-refractivity contribution in [2.24, 2.45) is 21.7 Å². The van der Waals surface area contributed by atoms with Crippen molar-refractivity contribution in [2.45, 2.75) is 118 Å². The van der Waals surface area contributed by atoms with E-state index in [2.05, 4.69) is 27.7 Å². The second kappa shape index (κ2) is 5.82. The Morgan fingerprint density at radius 3 is 1.18 bits per heavy atom. The maximum Gasteiger partial charge on any atom is -0.0184 e. The fourth-order valence-corrected chi connectivity index (χ4v) is 6.28. The number of hydrogen-bond acceptors (Lipinski definition) is 0. The van der Waals surface area contributed by atoms with Crippen LogP contribution in [0.3, 0.4) is 0 Å². The molecule has 0 atom stereocenters. The number of rotatable bonds is 0. The third kappa shape index (κ3) is 2.67. The fraction of sp³-hybridized carbons (Fsp3) is 1.00. The molecule has 3 aliphatic rings. The van der Waals surface area contributed by atoms with Crippen LogP contribution in [0.4, 0.5) is 0 Å². The summed E-state index contributed by atoms with van der Waals surface area (Å²) < 4.78 is 0. The van der Waals surface area contributed by atoms with Crippen molar-refractivity contribution in [3.05, 3.63) is 0 Å². The van der Waals surface area contributed by atoms with Gasteiger partial charge in [0.05, 0.1) is 0 Å². The van der Waals surface area contributed by atoms with E-state index in [-0.39, 0.29) is 0 Å². The maximum atomic E-state index is 2.55. The zero-order valence-corrected chi connectivity index (χ0v) is 15.9. The molecule has 3 fully saturated rings. The van der Waals surface area contributed by atoms with Crippen LogP contribution in [0.1, 0.15) is 118 Å². The lowest BCUT2D eigenvalue weighted by atomic mass is 9.82. The Kier molecular flexibility index (Phi) is 4.45. The first-order valence-electron chi connectivity index (χ1n) is 10.4. The SMILES string of the molecule is CC1(C)C(C)(C)C12CCCCCCCC1(CCCCC2)CC1. The zero-order chi connectivity index (χ0) is 15.9. The summed E-state index contributed by atoms with van der Waals surface area (Å²) in [5.41, 5.74) is 2.62. The van der Waals surface area contributed by atoms with Crippen LogP contribution < -0.4 is 0 Å². The van der Waals surface area contributed by atoms with Crippen LogP contribution in [0.15, 0.2) is 0 Å². The molecule has 0 N–H and O–H groups in total. The van der Waals surface area contributed by atoms with E-state index >= 15 is 0 Å². The first-order valence-corrected chi connectivity index (χ1v) is 10.4. The first-order chi connectivity index (χ1) is 10.4. The molecular weight excluding hydrogens is 264 g/mol. The first kappa shape index (κ1) is 16.8. The lowest BCUT2D eigenvalue weighted by Gasteiger charge is -2.23. The van der Waals surface area contributed by atoms with Crippen LogP contribution in [0, 0.1) is 21.7 Å². The van der Waals surface area contributed by atoms with Crippen molar-refractivity contribution >= 4 is 0 Å². The van der Waals surface area contributed by atoms with E-state index in [0.29, 0.717) is 16.2 Å². The van der Waals surface area contributed by atoms with Crippen molar-refractivity contribution in [3.63, 3.8) is 0 Å². The van der Waals surface area contributed by atoms with Crippen LogP contribution in [-0.2, 0) is 0 Å². The average molecular weight is 305 g/mol. The van der Waals surface area contributed by atoms with Gasteiger partial charge < -0.3 is 0 Å². The largest absolute Gasteiger partial charge is 0.0588 e. The highest BCUT2D eigenvalue weighted by Crippen LogP contribution is 2.81. The number of hydrogen-bond donors (Lipinski definition) is 0. The van der Waals surface area contributed by atoms with Gasteiger partial charge in [0, 0.05) is 0 Å². The van der Waals surface area contributed by atoms with Crippen molar-refractivity contribution in [1.82, 2.24) is 0 Å². The summed E-state index contributed by atoms with van der Waals surface area (Å²) in [5, 5.41) is 0. The molecule has 0 saturated heterocycles. The van der Waals surface area contributed by atoms with E-state index < -0.39 is 0 Å². The highest BCUT2D eigenvalue weighted by atomic mass is 14.8. The summed E-state index contributed by atoms with van der Waals surface area (Å²) in [7, 11) is 0. The molecule has 0 nitrogen and oxygen atoms in total. The third-order valence-electron chi connectivity index (χ3n) is 8.97. The predicted molar refractivity (Wildman–Crippen MR) is 97.1 cm³/mol. The molecule has 3 aliphatic carbocycles. The molecule has 0 heterocycles. The third-order valence-corrected chi connectivity index (χ3v) is 8.97. The molecule has 0 aromatic heterocycles. The zero-order valence-electron chi connectivity index (χ0n) is 15.9. The van der Waals surface area contributed by atoms with Gasteiger partial charge >= 0.3 is 0 Å². The Bertz CT molecular complexity index is 369. The Balaban J connectivity index is 1.59. The average Bonchev–Trinajstić information content (AvgIpc) is 3.29. The van der Waals surface area contributed by atoms with Crippen LogP contribution in [-0.4, -0.2) is 0 Å². The Morgan fingerprint density at radius 1 is 0.409 bits per heavy atom. The normalized spacial score (nSPS) is 33.3. The molecule has 0 aromatic carbocycles. The van der Waals surface area contributed by atoms with Crippen molar-refractivity contribution < 1.29 is 0 Å². The predicted octanol–water partition coefficient (Wildman–Crippen LogP) is 7.51. The molecule has 128 valence electrons. The van der Waals surface area contributed by atoms with E-state index in [9.17, 15) is 0 Å². The van der Waals surface area contributed by atoms with Gasteiger partial charge in [-0.05, 0) is 60.2 Å². The van der Waals surface area contributed by atoms with Gasteiger partial charge in [-0.15, -0.1) is 0 Å². The van der Waals surface area contributed by atoms with Crippen molar-refractivity contribution in [1.29, 1.82) is 0 Å². The summed E-state index contributed by atoms with van der Waals surface area (Å²) >= 11 is 0. The Hall–Kier alpha value is 0. The topological polar surface area (TPSA) is 0 Å². The second-order valence-electron chi connectivity index (χ2n) is 10.2. The molecule has 0 unspecified atom stereocenters. The van der Waals surface area contributed by atoms with Gasteiger partial charge in [0.1, 0.15) is 0 Å². The summed E-state index contributed by atoms with van der Waals surface area (Å²) in [6.45, 7) is 10.2. The lowest BCUT2D eigenvalue weighted by Crippen LogP contribution is -2.12. The molecule has 0 heteroatoms. The van der Waals surface area contributed by atoms with Gasteiger partial charge in [0.15, 0.2) is 0 Å². The highest BCUT2D eigenvalue weighted by Gasteiger charge is 2.74. The van der Waals surface area contributed by atoms with Crippen LogP contribution >= 0.6 is 0 Å². The van der Waals surface area contributed by atoms with Crippen molar-refractivity contribution in [2.75, 3.05) is 0 Å². The minimum atomic E-state index is 0.564. The summed E-state index contributed by atoms with van der Waals surface area (Å²) in [4.78, 5) is 0. The fourth-order valence-electron chi connectivity index (χ4n) is 6.28. The molecular formula is C22H40. The van der Waals surface area contributed by atoms with E-state index in [0.717, 1.165) is 5.41 Å². The van der Waals surface area contributed by atoms with E-state index in [4.69, 9.17) is 0 Å². The van der Waals surface area contributed by atoms with Crippen LogP contribution in [0.5, 0.6) is 0 Å². The van der Waals surface area contributed by atoms with Gasteiger partial charge in [-0.3, -0.25) is 0 Å². The Labute approximate surface area is 139 Å². The van der Waals surface area contributed by atoms with Gasteiger partial charge in [0.2, 0.25) is 0 Å². The molecule has 0 bridgehead atoms. The van der Waals surface area contributed by atoms with Gasteiger partial charge in [-0.1, -0.05) is 79.1 Å². The lowest BCUT2D eigenvalue weighted by molar-refractivity contribution is 0.279. The molecule has 3 saturated carbocycles. The standard InChI is InChI=1S/C22H40/c1-19(2)20(3,4)22(19)15-11-7-5-6-9-13-21(17-18-21)14-10-8-12-16-22/h5-18H2,1-4H3. The highest BCUT2D eigenvalue weighted by molar-refractivity contribution is 5.22.